The van der Waals surface area contributed by atoms with Crippen LogP contribution in [0.1, 0.15) is 5.56 Å². The minimum Gasteiger partial charge on any atom is -0.241 e. The molecule has 0 bridgehead atoms. The number of aryl methyl sites for hydroxylation is 1. The molecule has 0 amide bonds. The highest BCUT2D eigenvalue weighted by Gasteiger charge is 2.01. The molecule has 1 aromatic heterocycles. The Morgan fingerprint density at radius 2 is 2.08 bits per heavy atom. The molecule has 0 N–H and O–H groups in total. The second kappa shape index (κ2) is 3.28. The first kappa shape index (κ1) is 8.97. The average molecular weight is 257 g/mol. The standard InChI is InChI=1S/C10H7BrClN/c1-6-4-8(12)5-7-2-3-9(11)13-10(6)7/h2-5H,1H3. The fourth-order valence-electron chi connectivity index (χ4n) is 1.34. The van der Waals surface area contributed by atoms with E-state index in [2.05, 4.69) is 20.9 Å². The highest BCUT2D eigenvalue weighted by Crippen LogP contribution is 2.23. The molecule has 3 heteroatoms. The highest BCUT2D eigenvalue weighted by molar-refractivity contribution is 9.10. The molecule has 0 radical (unpaired) electrons. The zero-order valence-electron chi connectivity index (χ0n) is 7.01. The van der Waals surface area contributed by atoms with E-state index < -0.39 is 0 Å². The number of rotatable bonds is 0. The first-order chi connectivity index (χ1) is 6.16. The molecule has 1 aromatic carbocycles. The summed E-state index contributed by atoms with van der Waals surface area (Å²) in [6, 6.07) is 7.76. The van der Waals surface area contributed by atoms with E-state index in [9.17, 15) is 0 Å². The summed E-state index contributed by atoms with van der Waals surface area (Å²) in [4.78, 5) is 4.37. The monoisotopic (exact) mass is 255 g/mol. The maximum atomic E-state index is 5.92. The third-order valence-corrected chi connectivity index (χ3v) is 2.57. The van der Waals surface area contributed by atoms with Gasteiger partial charge in [-0.05, 0) is 46.6 Å². The maximum absolute atomic E-state index is 5.92. The molecule has 2 aromatic rings. The molecular formula is C10H7BrClN. The zero-order valence-corrected chi connectivity index (χ0v) is 9.35. The smallest absolute Gasteiger partial charge is 0.106 e. The van der Waals surface area contributed by atoms with Gasteiger partial charge in [0.05, 0.1) is 5.52 Å². The van der Waals surface area contributed by atoms with Crippen LogP contribution in [0.5, 0.6) is 0 Å². The lowest BCUT2D eigenvalue weighted by molar-refractivity contribution is 1.32. The van der Waals surface area contributed by atoms with Crippen molar-refractivity contribution in [2.24, 2.45) is 0 Å². The molecule has 0 aliphatic carbocycles. The van der Waals surface area contributed by atoms with E-state index in [0.717, 1.165) is 26.1 Å². The molecule has 0 saturated heterocycles. The summed E-state index contributed by atoms with van der Waals surface area (Å²) in [5.74, 6) is 0. The summed E-state index contributed by atoms with van der Waals surface area (Å²) < 4.78 is 0.852. The molecule has 0 saturated carbocycles. The van der Waals surface area contributed by atoms with Crippen LogP contribution in [0.15, 0.2) is 28.9 Å². The van der Waals surface area contributed by atoms with Crippen LogP contribution in [0.25, 0.3) is 10.9 Å². The van der Waals surface area contributed by atoms with Gasteiger partial charge in [0.1, 0.15) is 4.60 Å². The van der Waals surface area contributed by atoms with Crippen molar-refractivity contribution in [1.82, 2.24) is 4.98 Å². The first-order valence-corrected chi connectivity index (χ1v) is 5.06. The molecule has 0 atom stereocenters. The number of nitrogens with zero attached hydrogens (tertiary/aromatic N) is 1. The molecular weight excluding hydrogens is 249 g/mol. The lowest BCUT2D eigenvalue weighted by atomic mass is 10.1. The summed E-state index contributed by atoms with van der Waals surface area (Å²) in [5, 5.41) is 1.84. The SMILES string of the molecule is Cc1cc(Cl)cc2ccc(Br)nc12. The van der Waals surface area contributed by atoms with Crippen molar-refractivity contribution in [3.8, 4) is 0 Å². The number of aromatic nitrogens is 1. The predicted octanol–water partition coefficient (Wildman–Crippen LogP) is 3.96. The van der Waals surface area contributed by atoms with E-state index in [0.29, 0.717) is 0 Å². The molecule has 1 nitrogen and oxygen atoms in total. The Balaban J connectivity index is 2.87. The molecule has 0 fully saturated rings. The third-order valence-electron chi connectivity index (χ3n) is 1.91. The number of hydrogen-bond acceptors (Lipinski definition) is 1. The molecule has 0 unspecified atom stereocenters. The van der Waals surface area contributed by atoms with E-state index in [-0.39, 0.29) is 0 Å². The van der Waals surface area contributed by atoms with Crippen LogP contribution < -0.4 is 0 Å². The first-order valence-electron chi connectivity index (χ1n) is 3.89. The van der Waals surface area contributed by atoms with Gasteiger partial charge in [-0.3, -0.25) is 0 Å². The lowest BCUT2D eigenvalue weighted by Crippen LogP contribution is -1.84. The fraction of sp³-hybridized carbons (Fsp3) is 0.100. The van der Waals surface area contributed by atoms with Crippen LogP contribution in [-0.2, 0) is 0 Å². The van der Waals surface area contributed by atoms with Crippen LogP contribution in [0.3, 0.4) is 0 Å². The fourth-order valence-corrected chi connectivity index (χ4v) is 1.93. The minimum atomic E-state index is 0.758. The zero-order chi connectivity index (χ0) is 9.42. The summed E-state index contributed by atoms with van der Waals surface area (Å²) in [6.45, 7) is 2.01. The number of pyridine rings is 1. The summed E-state index contributed by atoms with van der Waals surface area (Å²) >= 11 is 9.27. The molecule has 13 heavy (non-hydrogen) atoms. The molecule has 1 heterocycles. The van der Waals surface area contributed by atoms with Gasteiger partial charge >= 0.3 is 0 Å². The number of benzene rings is 1. The Bertz CT molecular complexity index is 468. The molecule has 66 valence electrons. The van der Waals surface area contributed by atoms with Crippen molar-refractivity contribution in [3.05, 3.63) is 39.5 Å². The van der Waals surface area contributed by atoms with E-state index in [1.165, 1.54) is 0 Å². The number of fused-ring (bicyclic) bond motifs is 1. The molecule has 2 rings (SSSR count). The Hall–Kier alpha value is -0.600. The van der Waals surface area contributed by atoms with Crippen LogP contribution >= 0.6 is 27.5 Å². The van der Waals surface area contributed by atoms with Gasteiger partial charge in [0.25, 0.3) is 0 Å². The number of halogens is 2. The largest absolute Gasteiger partial charge is 0.241 e. The van der Waals surface area contributed by atoms with Gasteiger partial charge in [0.15, 0.2) is 0 Å². The van der Waals surface area contributed by atoms with E-state index in [1.807, 2.05) is 31.2 Å². The summed E-state index contributed by atoms with van der Waals surface area (Å²) in [6.07, 6.45) is 0. The van der Waals surface area contributed by atoms with Gasteiger partial charge in [0, 0.05) is 10.4 Å². The molecule has 0 aliphatic rings. The van der Waals surface area contributed by atoms with Crippen LogP contribution in [-0.4, -0.2) is 4.98 Å². The van der Waals surface area contributed by atoms with Gasteiger partial charge < -0.3 is 0 Å². The van der Waals surface area contributed by atoms with Crippen LogP contribution in [0, 0.1) is 6.92 Å². The van der Waals surface area contributed by atoms with Gasteiger partial charge in [-0.2, -0.15) is 0 Å². The van der Waals surface area contributed by atoms with Crippen LogP contribution in [0.2, 0.25) is 5.02 Å². The van der Waals surface area contributed by atoms with Gasteiger partial charge in [0.2, 0.25) is 0 Å². The number of hydrogen-bond donors (Lipinski definition) is 0. The Morgan fingerprint density at radius 1 is 1.31 bits per heavy atom. The van der Waals surface area contributed by atoms with Crippen molar-refractivity contribution in [2.45, 2.75) is 6.92 Å². The van der Waals surface area contributed by atoms with Crippen molar-refractivity contribution >= 4 is 38.4 Å². The van der Waals surface area contributed by atoms with Crippen molar-refractivity contribution < 1.29 is 0 Å². The molecule has 0 aliphatic heterocycles. The van der Waals surface area contributed by atoms with E-state index in [1.54, 1.807) is 0 Å². The second-order valence-corrected chi connectivity index (χ2v) is 4.18. The maximum Gasteiger partial charge on any atom is 0.106 e. The predicted molar refractivity (Wildman–Crippen MR) is 59.2 cm³/mol. The lowest BCUT2D eigenvalue weighted by Gasteiger charge is -2.02. The topological polar surface area (TPSA) is 12.9 Å². The Kier molecular flexibility index (Phi) is 2.26. The van der Waals surface area contributed by atoms with Gasteiger partial charge in [-0.15, -0.1) is 0 Å². The average Bonchev–Trinajstić information content (AvgIpc) is 2.06. The quantitative estimate of drug-likeness (QED) is 0.650. The third kappa shape index (κ3) is 1.69. The van der Waals surface area contributed by atoms with E-state index in [4.69, 9.17) is 11.6 Å². The Labute approximate surface area is 89.9 Å². The van der Waals surface area contributed by atoms with E-state index >= 15 is 0 Å². The summed E-state index contributed by atoms with van der Waals surface area (Å²) in [7, 11) is 0. The second-order valence-electron chi connectivity index (χ2n) is 2.93. The van der Waals surface area contributed by atoms with Gasteiger partial charge in [-0.25, -0.2) is 4.98 Å². The van der Waals surface area contributed by atoms with Crippen molar-refractivity contribution in [1.29, 1.82) is 0 Å². The summed E-state index contributed by atoms with van der Waals surface area (Å²) in [5.41, 5.74) is 2.10. The highest BCUT2D eigenvalue weighted by atomic mass is 79.9. The minimum absolute atomic E-state index is 0.758. The Morgan fingerprint density at radius 3 is 2.85 bits per heavy atom. The van der Waals surface area contributed by atoms with Gasteiger partial charge in [-0.1, -0.05) is 17.7 Å². The van der Waals surface area contributed by atoms with Crippen LogP contribution in [0.4, 0.5) is 0 Å². The van der Waals surface area contributed by atoms with Crippen molar-refractivity contribution in [3.63, 3.8) is 0 Å². The molecule has 0 spiro atoms. The normalized spacial score (nSPS) is 10.7. The van der Waals surface area contributed by atoms with Crippen molar-refractivity contribution in [2.75, 3.05) is 0 Å².